The highest BCUT2D eigenvalue weighted by atomic mass is 19.1. The third kappa shape index (κ3) is 6.10. The van der Waals surface area contributed by atoms with Gasteiger partial charge in [-0.25, -0.2) is 9.37 Å². The summed E-state index contributed by atoms with van der Waals surface area (Å²) in [5, 5.41) is 3.41. The van der Waals surface area contributed by atoms with Crippen molar-refractivity contribution in [2.45, 2.75) is 40.2 Å². The highest BCUT2D eigenvalue weighted by molar-refractivity contribution is 6.01. The van der Waals surface area contributed by atoms with Crippen LogP contribution in [0.3, 0.4) is 0 Å². The topological polar surface area (TPSA) is 70.6 Å². The first-order valence-electron chi connectivity index (χ1n) is 12.7. The van der Waals surface area contributed by atoms with Crippen LogP contribution in [0.1, 0.15) is 48.2 Å². The van der Waals surface area contributed by atoms with Crippen molar-refractivity contribution < 1.29 is 13.9 Å². The van der Waals surface area contributed by atoms with Crippen LogP contribution in [0.4, 0.5) is 15.9 Å². The first kappa shape index (κ1) is 25.8. The molecule has 192 valence electrons. The van der Waals surface area contributed by atoms with Crippen LogP contribution >= 0.6 is 0 Å². The van der Waals surface area contributed by atoms with Crippen LogP contribution in [0.25, 0.3) is 11.0 Å². The predicted octanol–water partition coefficient (Wildman–Crippen LogP) is 5.03. The number of amides is 1. The van der Waals surface area contributed by atoms with E-state index in [-0.39, 0.29) is 11.7 Å². The van der Waals surface area contributed by atoms with Crippen LogP contribution in [0.15, 0.2) is 36.5 Å². The number of carbonyl (C=O) groups is 1. The Morgan fingerprint density at radius 2 is 2.03 bits per heavy atom. The largest absolute Gasteiger partial charge is 0.379 e. The summed E-state index contributed by atoms with van der Waals surface area (Å²) in [6.45, 7) is 10.1. The summed E-state index contributed by atoms with van der Waals surface area (Å²) in [5.41, 5.74) is 4.05. The fourth-order valence-electron chi connectivity index (χ4n) is 4.40. The average molecular weight is 494 g/mol. The van der Waals surface area contributed by atoms with Crippen molar-refractivity contribution in [1.82, 2.24) is 14.9 Å². The molecule has 2 heterocycles. The second-order valence-corrected chi connectivity index (χ2v) is 9.86. The maximum atomic E-state index is 14.1. The number of halogens is 1. The number of hydrogen-bond acceptors (Lipinski definition) is 6. The molecule has 8 heteroatoms. The summed E-state index contributed by atoms with van der Waals surface area (Å²) < 4.78 is 19.6. The van der Waals surface area contributed by atoms with E-state index in [0.717, 1.165) is 37.3 Å². The molecule has 1 saturated heterocycles. The van der Waals surface area contributed by atoms with E-state index < -0.39 is 0 Å². The molecule has 1 aliphatic rings. The van der Waals surface area contributed by atoms with Crippen LogP contribution in [0.2, 0.25) is 0 Å². The Balaban J connectivity index is 1.66. The Morgan fingerprint density at radius 1 is 1.25 bits per heavy atom. The minimum atomic E-state index is -0.236. The van der Waals surface area contributed by atoms with Crippen LogP contribution in [-0.2, 0) is 11.3 Å². The molecular weight excluding hydrogens is 457 g/mol. The molecule has 0 saturated carbocycles. The Morgan fingerprint density at radius 3 is 2.78 bits per heavy atom. The molecule has 0 spiro atoms. The maximum absolute atomic E-state index is 14.1. The molecule has 0 unspecified atom stereocenters. The van der Waals surface area contributed by atoms with Crippen molar-refractivity contribution in [3.05, 3.63) is 59.0 Å². The molecular formula is C28H36FN5O2. The minimum absolute atomic E-state index is 0.0512. The molecule has 0 bridgehead atoms. The molecule has 4 rings (SSSR count). The van der Waals surface area contributed by atoms with E-state index >= 15 is 0 Å². The molecule has 1 fully saturated rings. The third-order valence-corrected chi connectivity index (χ3v) is 6.69. The lowest BCUT2D eigenvalue weighted by molar-refractivity contribution is 0.0791. The summed E-state index contributed by atoms with van der Waals surface area (Å²) in [6.07, 6.45) is 3.79. The molecule has 0 aliphatic carbocycles. The number of ether oxygens (including phenoxy) is 1. The standard InChI is InChI=1S/C28H36FN5O2/c1-19(2)7-6-10-33(4)28(35)22-15-24(30-17-21-8-5-9-23(29)20(21)3)27-25(16-22)31-18-26(32-27)34-11-13-36-14-12-34/h5,8-9,15-16,18-19,30H,6-7,10-14,17H2,1-4H3. The van der Waals surface area contributed by atoms with Gasteiger partial charge >= 0.3 is 0 Å². The number of carbonyl (C=O) groups excluding carboxylic acids is 1. The van der Waals surface area contributed by atoms with E-state index in [1.54, 1.807) is 24.1 Å². The lowest BCUT2D eigenvalue weighted by atomic mass is 10.1. The van der Waals surface area contributed by atoms with Gasteiger partial charge in [-0.2, -0.15) is 0 Å². The number of anilines is 2. The zero-order chi connectivity index (χ0) is 25.7. The number of rotatable bonds is 9. The van der Waals surface area contributed by atoms with Crippen LogP contribution in [-0.4, -0.2) is 60.7 Å². The van der Waals surface area contributed by atoms with Crippen molar-refractivity contribution in [3.63, 3.8) is 0 Å². The van der Waals surface area contributed by atoms with Gasteiger partial charge in [0.25, 0.3) is 5.91 Å². The summed E-state index contributed by atoms with van der Waals surface area (Å²) in [7, 11) is 1.84. The van der Waals surface area contributed by atoms with Gasteiger partial charge in [0.2, 0.25) is 0 Å². The molecule has 1 amide bonds. The fourth-order valence-corrected chi connectivity index (χ4v) is 4.40. The lowest BCUT2D eigenvalue weighted by Gasteiger charge is -2.27. The SMILES string of the molecule is Cc1c(F)cccc1CNc1cc(C(=O)N(C)CCCC(C)C)cc2ncc(N3CCOCC3)nc12. The first-order valence-corrected chi connectivity index (χ1v) is 12.7. The van der Waals surface area contributed by atoms with E-state index in [1.807, 2.05) is 25.2 Å². The molecule has 0 radical (unpaired) electrons. The van der Waals surface area contributed by atoms with Crippen molar-refractivity contribution in [1.29, 1.82) is 0 Å². The molecule has 36 heavy (non-hydrogen) atoms. The van der Waals surface area contributed by atoms with Gasteiger partial charge < -0.3 is 19.9 Å². The van der Waals surface area contributed by atoms with Gasteiger partial charge in [-0.3, -0.25) is 9.78 Å². The zero-order valence-corrected chi connectivity index (χ0v) is 21.7. The number of aromatic nitrogens is 2. The van der Waals surface area contributed by atoms with Gasteiger partial charge in [-0.05, 0) is 55.0 Å². The van der Waals surface area contributed by atoms with Gasteiger partial charge in [0.05, 0.1) is 30.6 Å². The molecule has 1 N–H and O–H groups in total. The number of morpholine rings is 1. The maximum Gasteiger partial charge on any atom is 0.253 e. The van der Waals surface area contributed by atoms with E-state index in [0.29, 0.717) is 60.1 Å². The summed E-state index contributed by atoms with van der Waals surface area (Å²) >= 11 is 0. The lowest BCUT2D eigenvalue weighted by Crippen LogP contribution is -2.36. The average Bonchev–Trinajstić information content (AvgIpc) is 2.88. The van der Waals surface area contributed by atoms with Crippen LogP contribution in [0, 0.1) is 18.7 Å². The van der Waals surface area contributed by atoms with Crippen LogP contribution in [0.5, 0.6) is 0 Å². The number of hydrogen-bond donors (Lipinski definition) is 1. The summed E-state index contributed by atoms with van der Waals surface area (Å²) in [4.78, 5) is 26.8. The van der Waals surface area contributed by atoms with Crippen molar-refractivity contribution >= 4 is 28.4 Å². The Hall–Kier alpha value is -3.26. The van der Waals surface area contributed by atoms with Gasteiger partial charge in [0.1, 0.15) is 17.2 Å². The van der Waals surface area contributed by atoms with Gasteiger partial charge in [-0.1, -0.05) is 26.0 Å². The quantitative estimate of drug-likeness (QED) is 0.451. The zero-order valence-electron chi connectivity index (χ0n) is 21.7. The summed E-state index contributed by atoms with van der Waals surface area (Å²) in [5.74, 6) is 1.10. The Kier molecular flexibility index (Phi) is 8.36. The molecule has 7 nitrogen and oxygen atoms in total. The van der Waals surface area contributed by atoms with E-state index in [9.17, 15) is 9.18 Å². The highest BCUT2D eigenvalue weighted by Gasteiger charge is 2.19. The molecule has 0 atom stereocenters. The minimum Gasteiger partial charge on any atom is -0.379 e. The monoisotopic (exact) mass is 493 g/mol. The van der Waals surface area contributed by atoms with Crippen molar-refractivity contribution in [2.24, 2.45) is 5.92 Å². The molecule has 2 aromatic carbocycles. The van der Waals surface area contributed by atoms with E-state index in [4.69, 9.17) is 9.72 Å². The predicted molar refractivity (Wildman–Crippen MR) is 142 cm³/mol. The normalized spacial score (nSPS) is 13.9. The van der Waals surface area contributed by atoms with E-state index in [1.165, 1.54) is 6.07 Å². The van der Waals surface area contributed by atoms with Crippen LogP contribution < -0.4 is 10.2 Å². The second-order valence-electron chi connectivity index (χ2n) is 9.86. The fraction of sp³-hybridized carbons (Fsp3) is 0.464. The first-order chi connectivity index (χ1) is 17.3. The Bertz CT molecular complexity index is 1210. The van der Waals surface area contributed by atoms with Gasteiger partial charge in [0.15, 0.2) is 0 Å². The van der Waals surface area contributed by atoms with Crippen molar-refractivity contribution in [2.75, 3.05) is 50.1 Å². The van der Waals surface area contributed by atoms with E-state index in [2.05, 4.69) is 29.0 Å². The third-order valence-electron chi connectivity index (χ3n) is 6.69. The molecule has 1 aliphatic heterocycles. The molecule has 3 aromatic rings. The van der Waals surface area contributed by atoms with Gasteiger partial charge in [0, 0.05) is 38.8 Å². The summed E-state index contributed by atoms with van der Waals surface area (Å²) in [6, 6.07) is 8.72. The molecule has 1 aromatic heterocycles. The smallest absolute Gasteiger partial charge is 0.253 e. The number of nitrogens with zero attached hydrogens (tertiary/aromatic N) is 4. The second kappa shape index (κ2) is 11.6. The number of fused-ring (bicyclic) bond motifs is 1. The Labute approximate surface area is 212 Å². The van der Waals surface area contributed by atoms with Crippen molar-refractivity contribution in [3.8, 4) is 0 Å². The number of benzene rings is 2. The highest BCUT2D eigenvalue weighted by Crippen LogP contribution is 2.27. The van der Waals surface area contributed by atoms with Gasteiger partial charge in [-0.15, -0.1) is 0 Å². The number of nitrogens with one attached hydrogen (secondary N) is 1.